The average molecular weight is 393 g/mol. The molecule has 4 aromatic carbocycles. The van der Waals surface area contributed by atoms with Crippen molar-refractivity contribution in [1.82, 2.24) is 9.80 Å². The van der Waals surface area contributed by atoms with Gasteiger partial charge in [0.25, 0.3) is 0 Å². The van der Waals surface area contributed by atoms with E-state index in [2.05, 4.69) is 107 Å². The SMILES string of the molecule is c1ccc(CN2CCN(Cc3ccccc3)Cc3cc4ccccc4cc3C2)cc1. The molecule has 150 valence electrons. The Labute approximate surface area is 179 Å². The Balaban J connectivity index is 1.47. The highest BCUT2D eigenvalue weighted by Gasteiger charge is 2.19. The first kappa shape index (κ1) is 19.0. The lowest BCUT2D eigenvalue weighted by atomic mass is 9.98. The molecule has 0 N–H and O–H groups in total. The molecule has 0 unspecified atom stereocenters. The van der Waals surface area contributed by atoms with Gasteiger partial charge < -0.3 is 0 Å². The Morgan fingerprint density at radius 2 is 0.900 bits per heavy atom. The fraction of sp³-hybridized carbons (Fsp3) is 0.214. The average Bonchev–Trinajstić information content (AvgIpc) is 2.78. The molecule has 0 aliphatic carbocycles. The minimum absolute atomic E-state index is 0.992. The first-order valence-electron chi connectivity index (χ1n) is 10.9. The van der Waals surface area contributed by atoms with Gasteiger partial charge in [-0.15, -0.1) is 0 Å². The van der Waals surface area contributed by atoms with Gasteiger partial charge in [0.1, 0.15) is 0 Å². The highest BCUT2D eigenvalue weighted by atomic mass is 15.2. The summed E-state index contributed by atoms with van der Waals surface area (Å²) >= 11 is 0. The topological polar surface area (TPSA) is 6.48 Å². The van der Waals surface area contributed by atoms with E-state index in [1.165, 1.54) is 33.0 Å². The van der Waals surface area contributed by atoms with E-state index in [1.54, 1.807) is 0 Å². The van der Waals surface area contributed by atoms with Gasteiger partial charge in [0.2, 0.25) is 0 Å². The van der Waals surface area contributed by atoms with Crippen molar-refractivity contribution in [2.24, 2.45) is 0 Å². The number of hydrogen-bond donors (Lipinski definition) is 0. The maximum atomic E-state index is 2.60. The normalized spacial score (nSPS) is 15.5. The maximum absolute atomic E-state index is 2.60. The van der Waals surface area contributed by atoms with Gasteiger partial charge in [-0.3, -0.25) is 9.80 Å². The number of rotatable bonds is 4. The summed E-state index contributed by atoms with van der Waals surface area (Å²) in [5.41, 5.74) is 5.69. The lowest BCUT2D eigenvalue weighted by molar-refractivity contribution is 0.171. The van der Waals surface area contributed by atoms with Crippen molar-refractivity contribution < 1.29 is 0 Å². The van der Waals surface area contributed by atoms with E-state index in [-0.39, 0.29) is 0 Å². The summed E-state index contributed by atoms with van der Waals surface area (Å²) in [5.74, 6) is 0. The predicted octanol–water partition coefficient (Wildman–Crippen LogP) is 5.86. The van der Waals surface area contributed by atoms with E-state index in [4.69, 9.17) is 0 Å². The molecule has 0 saturated carbocycles. The van der Waals surface area contributed by atoms with Crippen molar-refractivity contribution in [3.05, 3.63) is 119 Å². The summed E-state index contributed by atoms with van der Waals surface area (Å²) in [5, 5.41) is 2.68. The lowest BCUT2D eigenvalue weighted by Crippen LogP contribution is -2.37. The van der Waals surface area contributed by atoms with E-state index in [1.807, 2.05) is 0 Å². The molecule has 1 heterocycles. The molecule has 0 fully saturated rings. The molecule has 5 rings (SSSR count). The number of benzene rings is 4. The number of fused-ring (bicyclic) bond motifs is 2. The van der Waals surface area contributed by atoms with Crippen LogP contribution in [0.5, 0.6) is 0 Å². The second-order valence-electron chi connectivity index (χ2n) is 8.36. The van der Waals surface area contributed by atoms with Crippen LogP contribution in [0.25, 0.3) is 10.8 Å². The standard InChI is InChI=1S/C28H28N2/c1-3-9-23(10-4-1)19-29-15-16-30(20-24-11-5-2-6-12-24)22-28-18-26-14-8-7-13-25(26)17-27(28)21-29/h1-14,17-18H,15-16,19-22H2. The van der Waals surface area contributed by atoms with Gasteiger partial charge in [-0.2, -0.15) is 0 Å². The van der Waals surface area contributed by atoms with Gasteiger partial charge in [-0.1, -0.05) is 84.9 Å². The van der Waals surface area contributed by atoms with Crippen LogP contribution in [0.3, 0.4) is 0 Å². The van der Waals surface area contributed by atoms with Gasteiger partial charge >= 0.3 is 0 Å². The van der Waals surface area contributed by atoms with Crippen LogP contribution < -0.4 is 0 Å². The highest BCUT2D eigenvalue weighted by molar-refractivity contribution is 5.84. The second kappa shape index (κ2) is 8.83. The molecule has 0 aromatic heterocycles. The fourth-order valence-corrected chi connectivity index (χ4v) is 4.50. The van der Waals surface area contributed by atoms with Crippen molar-refractivity contribution >= 4 is 10.8 Å². The lowest BCUT2D eigenvalue weighted by Gasteiger charge is -2.32. The first-order chi connectivity index (χ1) is 14.8. The summed E-state index contributed by atoms with van der Waals surface area (Å²) in [7, 11) is 0. The highest BCUT2D eigenvalue weighted by Crippen LogP contribution is 2.25. The number of nitrogens with zero attached hydrogens (tertiary/aromatic N) is 2. The molecule has 0 spiro atoms. The zero-order chi connectivity index (χ0) is 20.2. The summed E-state index contributed by atoms with van der Waals surface area (Å²) in [6.45, 7) is 6.16. The quantitative estimate of drug-likeness (QED) is 0.429. The van der Waals surface area contributed by atoms with Crippen LogP contribution in [-0.4, -0.2) is 22.9 Å². The van der Waals surface area contributed by atoms with E-state index < -0.39 is 0 Å². The smallest absolute Gasteiger partial charge is 0.0241 e. The summed E-state index contributed by atoms with van der Waals surface area (Å²) < 4.78 is 0. The van der Waals surface area contributed by atoms with Crippen LogP contribution in [0.1, 0.15) is 22.3 Å². The van der Waals surface area contributed by atoms with E-state index in [9.17, 15) is 0 Å². The maximum Gasteiger partial charge on any atom is 0.0241 e. The Kier molecular flexibility index (Phi) is 5.60. The molecule has 0 bridgehead atoms. The molecule has 4 aromatic rings. The fourth-order valence-electron chi connectivity index (χ4n) is 4.50. The summed E-state index contributed by atoms with van der Waals surface area (Å²) in [4.78, 5) is 5.19. The van der Waals surface area contributed by atoms with Crippen LogP contribution in [0.4, 0.5) is 0 Å². The molecule has 0 atom stereocenters. The van der Waals surface area contributed by atoms with Crippen molar-refractivity contribution in [3.8, 4) is 0 Å². The van der Waals surface area contributed by atoms with E-state index in [0.29, 0.717) is 0 Å². The van der Waals surface area contributed by atoms with Crippen LogP contribution in [0.2, 0.25) is 0 Å². The van der Waals surface area contributed by atoms with Crippen LogP contribution in [-0.2, 0) is 26.2 Å². The van der Waals surface area contributed by atoms with Crippen LogP contribution in [0, 0.1) is 0 Å². The zero-order valence-electron chi connectivity index (χ0n) is 17.4. The van der Waals surface area contributed by atoms with Crippen molar-refractivity contribution in [2.75, 3.05) is 13.1 Å². The number of hydrogen-bond acceptors (Lipinski definition) is 2. The molecular weight excluding hydrogens is 364 g/mol. The minimum Gasteiger partial charge on any atom is -0.294 e. The zero-order valence-corrected chi connectivity index (χ0v) is 17.4. The first-order valence-corrected chi connectivity index (χ1v) is 10.9. The summed E-state index contributed by atoms with van der Waals surface area (Å²) in [6, 6.07) is 35.3. The minimum atomic E-state index is 0.992. The molecule has 0 saturated heterocycles. The largest absolute Gasteiger partial charge is 0.294 e. The molecule has 0 radical (unpaired) electrons. The molecular formula is C28H28N2. The van der Waals surface area contributed by atoms with Gasteiger partial charge in [-0.05, 0) is 45.2 Å². The third kappa shape index (κ3) is 4.46. The second-order valence-corrected chi connectivity index (χ2v) is 8.36. The molecule has 1 aliphatic rings. The predicted molar refractivity (Wildman–Crippen MR) is 125 cm³/mol. The Morgan fingerprint density at radius 1 is 0.500 bits per heavy atom. The molecule has 0 amide bonds. The molecule has 1 aliphatic heterocycles. The van der Waals surface area contributed by atoms with Gasteiger partial charge in [0.05, 0.1) is 0 Å². The van der Waals surface area contributed by atoms with Gasteiger partial charge in [0, 0.05) is 39.3 Å². The third-order valence-corrected chi connectivity index (χ3v) is 6.09. The molecule has 2 heteroatoms. The van der Waals surface area contributed by atoms with Crippen molar-refractivity contribution in [2.45, 2.75) is 26.2 Å². The van der Waals surface area contributed by atoms with E-state index in [0.717, 1.165) is 39.3 Å². The van der Waals surface area contributed by atoms with Crippen molar-refractivity contribution in [3.63, 3.8) is 0 Å². The molecule has 30 heavy (non-hydrogen) atoms. The Morgan fingerprint density at radius 3 is 1.33 bits per heavy atom. The Bertz CT molecular complexity index is 1020. The van der Waals surface area contributed by atoms with Gasteiger partial charge in [0.15, 0.2) is 0 Å². The van der Waals surface area contributed by atoms with E-state index >= 15 is 0 Å². The third-order valence-electron chi connectivity index (χ3n) is 6.09. The monoisotopic (exact) mass is 392 g/mol. The van der Waals surface area contributed by atoms with Crippen LogP contribution >= 0.6 is 0 Å². The molecule has 2 nitrogen and oxygen atoms in total. The van der Waals surface area contributed by atoms with Crippen LogP contribution in [0.15, 0.2) is 97.1 Å². The van der Waals surface area contributed by atoms with Gasteiger partial charge in [-0.25, -0.2) is 0 Å². The summed E-state index contributed by atoms with van der Waals surface area (Å²) in [6.07, 6.45) is 0. The Hall–Kier alpha value is -2.94. The van der Waals surface area contributed by atoms with Crippen molar-refractivity contribution in [1.29, 1.82) is 0 Å².